The Bertz CT molecular complexity index is 382. The van der Waals surface area contributed by atoms with Crippen LogP contribution in [0.1, 0.15) is 50.4 Å². The molecule has 16 heavy (non-hydrogen) atoms. The standard InChI is InChI=1S/C11H17N3OS/c1-11(5-2-6-16-11)10-13-9(14-15-10)8(12)7-3-4-7/h7-8H,2-6,12H2,1H3. The highest BCUT2D eigenvalue weighted by atomic mass is 32.2. The van der Waals surface area contributed by atoms with Gasteiger partial charge in [-0.25, -0.2) is 0 Å². The van der Waals surface area contributed by atoms with Crippen molar-refractivity contribution in [2.24, 2.45) is 11.7 Å². The number of rotatable bonds is 3. The Morgan fingerprint density at radius 3 is 3.00 bits per heavy atom. The van der Waals surface area contributed by atoms with Gasteiger partial charge in [0.15, 0.2) is 5.82 Å². The van der Waals surface area contributed by atoms with Crippen molar-refractivity contribution in [3.8, 4) is 0 Å². The zero-order valence-electron chi connectivity index (χ0n) is 9.48. The quantitative estimate of drug-likeness (QED) is 0.876. The number of hydrogen-bond donors (Lipinski definition) is 1. The molecule has 5 heteroatoms. The lowest BCUT2D eigenvalue weighted by atomic mass is 10.1. The number of hydrogen-bond acceptors (Lipinski definition) is 5. The first-order valence-corrected chi connectivity index (χ1v) is 6.91. The molecule has 0 bridgehead atoms. The molecule has 0 aromatic carbocycles. The highest BCUT2D eigenvalue weighted by Crippen LogP contribution is 2.46. The molecule has 4 nitrogen and oxygen atoms in total. The normalized spacial score (nSPS) is 31.9. The summed E-state index contributed by atoms with van der Waals surface area (Å²) in [5.41, 5.74) is 6.06. The summed E-state index contributed by atoms with van der Waals surface area (Å²) in [6.07, 6.45) is 4.76. The van der Waals surface area contributed by atoms with Crippen molar-refractivity contribution < 1.29 is 4.52 Å². The van der Waals surface area contributed by atoms with Crippen LogP contribution in [0, 0.1) is 5.92 Å². The van der Waals surface area contributed by atoms with Crippen LogP contribution in [0.25, 0.3) is 0 Å². The van der Waals surface area contributed by atoms with Gasteiger partial charge in [-0.15, -0.1) is 11.8 Å². The molecule has 0 radical (unpaired) electrons. The molecule has 0 spiro atoms. The maximum Gasteiger partial charge on any atom is 0.242 e. The van der Waals surface area contributed by atoms with Crippen LogP contribution in [0.3, 0.4) is 0 Å². The SMILES string of the molecule is CC1(c2nc(C(N)C3CC3)no2)CCCS1. The average molecular weight is 239 g/mol. The van der Waals surface area contributed by atoms with Crippen LogP contribution in [0.5, 0.6) is 0 Å². The van der Waals surface area contributed by atoms with Crippen molar-refractivity contribution in [1.29, 1.82) is 0 Å². The summed E-state index contributed by atoms with van der Waals surface area (Å²) in [7, 11) is 0. The lowest BCUT2D eigenvalue weighted by Gasteiger charge is -2.16. The van der Waals surface area contributed by atoms with E-state index in [2.05, 4.69) is 17.1 Å². The minimum atomic E-state index is -0.0208. The Labute approximate surface area is 99.4 Å². The second kappa shape index (κ2) is 3.74. The molecule has 1 aromatic rings. The van der Waals surface area contributed by atoms with E-state index in [-0.39, 0.29) is 10.8 Å². The molecule has 2 fully saturated rings. The molecule has 2 N–H and O–H groups in total. The van der Waals surface area contributed by atoms with Crippen molar-refractivity contribution in [2.45, 2.75) is 43.4 Å². The predicted octanol–water partition coefficient (Wildman–Crippen LogP) is 2.22. The number of nitrogens with zero attached hydrogens (tertiary/aromatic N) is 2. The van der Waals surface area contributed by atoms with Gasteiger partial charge in [0.05, 0.1) is 10.8 Å². The minimum absolute atomic E-state index is 0.0208. The average Bonchev–Trinajstić information content (AvgIpc) is 2.82. The monoisotopic (exact) mass is 239 g/mol. The van der Waals surface area contributed by atoms with Crippen molar-refractivity contribution in [1.82, 2.24) is 10.1 Å². The van der Waals surface area contributed by atoms with Crippen LogP contribution < -0.4 is 5.73 Å². The Morgan fingerprint density at radius 2 is 2.38 bits per heavy atom. The first kappa shape index (κ1) is 10.6. The molecule has 88 valence electrons. The Hall–Kier alpha value is -0.550. The smallest absolute Gasteiger partial charge is 0.242 e. The molecule has 1 aliphatic heterocycles. The zero-order valence-corrected chi connectivity index (χ0v) is 10.3. The molecule has 2 heterocycles. The summed E-state index contributed by atoms with van der Waals surface area (Å²) < 4.78 is 5.41. The Morgan fingerprint density at radius 1 is 1.56 bits per heavy atom. The second-order valence-electron chi connectivity index (χ2n) is 5.00. The van der Waals surface area contributed by atoms with Crippen LogP contribution in [-0.2, 0) is 4.75 Å². The van der Waals surface area contributed by atoms with Gasteiger partial charge in [0.2, 0.25) is 5.89 Å². The molecule has 2 aliphatic rings. The third-order valence-electron chi connectivity index (χ3n) is 3.54. The van der Waals surface area contributed by atoms with Crippen molar-refractivity contribution >= 4 is 11.8 Å². The van der Waals surface area contributed by atoms with E-state index >= 15 is 0 Å². The molecular formula is C11H17N3OS. The summed E-state index contributed by atoms with van der Waals surface area (Å²) >= 11 is 1.91. The van der Waals surface area contributed by atoms with Gasteiger partial charge in [0.1, 0.15) is 0 Å². The van der Waals surface area contributed by atoms with E-state index in [4.69, 9.17) is 10.3 Å². The molecule has 1 saturated carbocycles. The van der Waals surface area contributed by atoms with Gasteiger partial charge < -0.3 is 10.3 Å². The fourth-order valence-electron chi connectivity index (χ4n) is 2.20. The van der Waals surface area contributed by atoms with E-state index in [1.807, 2.05) is 11.8 Å². The number of aromatic nitrogens is 2. The largest absolute Gasteiger partial charge is 0.338 e. The first-order valence-electron chi connectivity index (χ1n) is 5.93. The van der Waals surface area contributed by atoms with Gasteiger partial charge in [0, 0.05) is 0 Å². The lowest BCUT2D eigenvalue weighted by molar-refractivity contribution is 0.337. The van der Waals surface area contributed by atoms with Crippen molar-refractivity contribution in [2.75, 3.05) is 5.75 Å². The molecule has 2 unspecified atom stereocenters. The highest BCUT2D eigenvalue weighted by molar-refractivity contribution is 8.00. The maximum atomic E-state index is 6.06. The fourth-order valence-corrected chi connectivity index (χ4v) is 3.43. The molecule has 1 aromatic heterocycles. The van der Waals surface area contributed by atoms with Crippen LogP contribution >= 0.6 is 11.8 Å². The maximum absolute atomic E-state index is 6.06. The van der Waals surface area contributed by atoms with Crippen LogP contribution in [0.2, 0.25) is 0 Å². The Kier molecular flexibility index (Phi) is 2.47. The highest BCUT2D eigenvalue weighted by Gasteiger charge is 2.39. The molecule has 2 atom stereocenters. The van der Waals surface area contributed by atoms with E-state index in [9.17, 15) is 0 Å². The number of nitrogens with two attached hydrogens (primary N) is 1. The summed E-state index contributed by atoms with van der Waals surface area (Å²) in [5, 5.41) is 4.04. The first-order chi connectivity index (χ1) is 7.69. The topological polar surface area (TPSA) is 64.9 Å². The van der Waals surface area contributed by atoms with E-state index in [0.29, 0.717) is 11.7 Å². The molecule has 1 saturated heterocycles. The lowest BCUT2D eigenvalue weighted by Crippen LogP contribution is -2.16. The number of thioether (sulfide) groups is 1. The summed E-state index contributed by atoms with van der Waals surface area (Å²) in [5.74, 6) is 3.23. The zero-order chi connectivity index (χ0) is 11.2. The minimum Gasteiger partial charge on any atom is -0.338 e. The Balaban J connectivity index is 1.81. The van der Waals surface area contributed by atoms with E-state index < -0.39 is 0 Å². The van der Waals surface area contributed by atoms with Gasteiger partial charge in [-0.2, -0.15) is 4.98 Å². The summed E-state index contributed by atoms with van der Waals surface area (Å²) in [4.78, 5) is 4.50. The van der Waals surface area contributed by atoms with E-state index in [1.165, 1.54) is 25.0 Å². The van der Waals surface area contributed by atoms with E-state index in [1.54, 1.807) is 0 Å². The third-order valence-corrected chi connectivity index (χ3v) is 5.05. The molecule has 1 aliphatic carbocycles. The van der Waals surface area contributed by atoms with Gasteiger partial charge in [-0.3, -0.25) is 0 Å². The van der Waals surface area contributed by atoms with Gasteiger partial charge in [-0.1, -0.05) is 5.16 Å². The van der Waals surface area contributed by atoms with Gasteiger partial charge in [-0.05, 0) is 44.3 Å². The summed E-state index contributed by atoms with van der Waals surface area (Å²) in [6.45, 7) is 2.19. The van der Waals surface area contributed by atoms with E-state index in [0.717, 1.165) is 12.3 Å². The predicted molar refractivity (Wildman–Crippen MR) is 63.0 cm³/mol. The van der Waals surface area contributed by atoms with Gasteiger partial charge >= 0.3 is 0 Å². The van der Waals surface area contributed by atoms with Crippen molar-refractivity contribution in [3.05, 3.63) is 11.7 Å². The second-order valence-corrected chi connectivity index (χ2v) is 6.60. The van der Waals surface area contributed by atoms with Crippen LogP contribution in [0.4, 0.5) is 0 Å². The molecule has 3 rings (SSSR count). The van der Waals surface area contributed by atoms with Crippen molar-refractivity contribution in [3.63, 3.8) is 0 Å². The fraction of sp³-hybridized carbons (Fsp3) is 0.818. The van der Waals surface area contributed by atoms with Crippen LogP contribution in [0.15, 0.2) is 4.52 Å². The van der Waals surface area contributed by atoms with Crippen LogP contribution in [-0.4, -0.2) is 15.9 Å². The van der Waals surface area contributed by atoms with Gasteiger partial charge in [0.25, 0.3) is 0 Å². The third kappa shape index (κ3) is 1.76. The molecule has 0 amide bonds. The molecular weight excluding hydrogens is 222 g/mol. The summed E-state index contributed by atoms with van der Waals surface area (Å²) in [6, 6.07) is -0.0208.